The van der Waals surface area contributed by atoms with Crippen LogP contribution in [0.5, 0.6) is 0 Å². The van der Waals surface area contributed by atoms with Gasteiger partial charge in [0.05, 0.1) is 31.0 Å². The second kappa shape index (κ2) is 16.7. The van der Waals surface area contributed by atoms with E-state index < -0.39 is 29.8 Å². The Morgan fingerprint density at radius 1 is 1.14 bits per heavy atom. The number of alkyl carbamates (subject to hydrolysis) is 1. The predicted octanol–water partition coefficient (Wildman–Crippen LogP) is 6.46. The Bertz CT molecular complexity index is 1170. The number of ketones is 2. The van der Waals surface area contributed by atoms with Crippen molar-refractivity contribution >= 4 is 23.7 Å². The van der Waals surface area contributed by atoms with Gasteiger partial charge in [-0.3, -0.25) is 14.6 Å². The first-order valence-electron chi connectivity index (χ1n) is 15.4. The van der Waals surface area contributed by atoms with Crippen molar-refractivity contribution in [1.29, 1.82) is 0 Å². The number of rotatable bonds is 18. The van der Waals surface area contributed by atoms with E-state index in [9.17, 15) is 14.4 Å². The molecule has 0 aliphatic carbocycles. The van der Waals surface area contributed by atoms with Gasteiger partial charge >= 0.3 is 6.09 Å². The summed E-state index contributed by atoms with van der Waals surface area (Å²) >= 11 is 0. The minimum absolute atomic E-state index is 0.0215. The Hall–Kier alpha value is -3.10. The van der Waals surface area contributed by atoms with Crippen LogP contribution in [0.4, 0.5) is 4.79 Å². The maximum absolute atomic E-state index is 13.5. The van der Waals surface area contributed by atoms with Gasteiger partial charge in [-0.25, -0.2) is 4.79 Å². The SMILES string of the molecule is C=CC=CCc1cc(/C=C/COC(C)(C)C[C@@H](C)C(=O)C(C)[C@H]2NC(=O)OC2COC(C)C(C)C(=O)C(C)C)cnc1C. The Morgan fingerprint density at radius 3 is 2.49 bits per heavy atom. The van der Waals surface area contributed by atoms with Gasteiger partial charge in [0.2, 0.25) is 0 Å². The summed E-state index contributed by atoms with van der Waals surface area (Å²) < 4.78 is 17.5. The molecule has 4 unspecified atom stereocenters. The molecule has 1 fully saturated rings. The number of Topliss-reactive ketones (excluding diaryl/α,β-unsaturated/α-hetero) is 2. The minimum Gasteiger partial charge on any atom is -0.442 e. The summed E-state index contributed by atoms with van der Waals surface area (Å²) in [5, 5.41) is 2.79. The highest BCUT2D eigenvalue weighted by molar-refractivity contribution is 5.85. The molecule has 1 aliphatic heterocycles. The second-order valence-corrected chi connectivity index (χ2v) is 12.6. The number of cyclic esters (lactones) is 1. The Labute approximate surface area is 258 Å². The quantitative estimate of drug-likeness (QED) is 0.194. The molecule has 1 aromatic rings. The van der Waals surface area contributed by atoms with Gasteiger partial charge in [-0.05, 0) is 57.7 Å². The van der Waals surface area contributed by atoms with Gasteiger partial charge in [0.15, 0.2) is 0 Å². The molecule has 1 amide bonds. The number of pyridine rings is 1. The Kier molecular flexibility index (Phi) is 14.0. The lowest BCUT2D eigenvalue weighted by molar-refractivity contribution is -0.131. The lowest BCUT2D eigenvalue weighted by Crippen LogP contribution is -2.45. The Balaban J connectivity index is 1.92. The highest BCUT2D eigenvalue weighted by atomic mass is 16.6. The molecule has 1 saturated heterocycles. The standard InChI is InChI=1S/C35H52N2O6/c1-11-12-13-16-29-18-28(20-36-26(29)7)15-14-17-42-35(9,10)19-23(4)33(39)25(6)31-30(43-34(40)37-31)21-41-27(8)24(5)32(38)22(2)3/h11-15,18,20,22-25,27,30-31H,1,16-17,19,21H2,2-10H3,(H,37,40)/b13-12?,15-14+/t23-,24?,25?,27?,30?,31-/m1/s1. The molecule has 2 rings (SSSR count). The third-order valence-corrected chi connectivity index (χ3v) is 8.16. The van der Waals surface area contributed by atoms with E-state index in [2.05, 4.69) is 29.0 Å². The first-order valence-corrected chi connectivity index (χ1v) is 15.4. The van der Waals surface area contributed by atoms with Gasteiger partial charge in [0.25, 0.3) is 0 Å². The summed E-state index contributed by atoms with van der Waals surface area (Å²) in [4.78, 5) is 42.4. The van der Waals surface area contributed by atoms with E-state index in [0.717, 1.165) is 23.2 Å². The zero-order chi connectivity index (χ0) is 32.3. The van der Waals surface area contributed by atoms with Crippen molar-refractivity contribution in [1.82, 2.24) is 10.3 Å². The molecule has 238 valence electrons. The van der Waals surface area contributed by atoms with Crippen molar-refractivity contribution in [3.05, 3.63) is 60.0 Å². The third kappa shape index (κ3) is 11.2. The lowest BCUT2D eigenvalue weighted by Gasteiger charge is -2.30. The first kappa shape index (κ1) is 36.1. The number of ether oxygens (including phenoxy) is 3. The monoisotopic (exact) mass is 596 g/mol. The summed E-state index contributed by atoms with van der Waals surface area (Å²) in [6.45, 7) is 21.3. The molecule has 1 aromatic heterocycles. The molecule has 0 radical (unpaired) electrons. The summed E-state index contributed by atoms with van der Waals surface area (Å²) in [7, 11) is 0. The molecular formula is C35H52N2O6. The zero-order valence-electron chi connectivity index (χ0n) is 27.5. The number of nitrogens with zero attached hydrogens (tertiary/aromatic N) is 1. The number of nitrogens with one attached hydrogen (secondary N) is 1. The van der Waals surface area contributed by atoms with E-state index in [-0.39, 0.29) is 42.0 Å². The smallest absolute Gasteiger partial charge is 0.407 e. The maximum Gasteiger partial charge on any atom is 0.407 e. The highest BCUT2D eigenvalue weighted by Gasteiger charge is 2.42. The molecule has 1 N–H and O–H groups in total. The molecule has 8 heteroatoms. The largest absolute Gasteiger partial charge is 0.442 e. The fourth-order valence-corrected chi connectivity index (χ4v) is 5.37. The summed E-state index contributed by atoms with van der Waals surface area (Å²) in [5.74, 6) is -1.01. The van der Waals surface area contributed by atoms with Gasteiger partial charge in [-0.1, -0.05) is 71.6 Å². The van der Waals surface area contributed by atoms with Crippen LogP contribution in [0.1, 0.15) is 78.6 Å². The van der Waals surface area contributed by atoms with Crippen LogP contribution in [0.15, 0.2) is 43.1 Å². The molecule has 1 aliphatic rings. The van der Waals surface area contributed by atoms with Crippen LogP contribution in [0.25, 0.3) is 6.08 Å². The van der Waals surface area contributed by atoms with Crippen molar-refractivity contribution in [3.8, 4) is 0 Å². The molecule has 0 saturated carbocycles. The average Bonchev–Trinajstić information content (AvgIpc) is 3.33. The van der Waals surface area contributed by atoms with E-state index in [1.807, 2.05) is 86.7 Å². The number of carbonyl (C=O) groups excluding carboxylic acids is 3. The van der Waals surface area contributed by atoms with Crippen molar-refractivity contribution < 1.29 is 28.6 Å². The molecule has 43 heavy (non-hydrogen) atoms. The van der Waals surface area contributed by atoms with E-state index in [1.54, 1.807) is 6.08 Å². The summed E-state index contributed by atoms with van der Waals surface area (Å²) in [6, 6.07) is 1.61. The van der Waals surface area contributed by atoms with Crippen LogP contribution in [-0.4, -0.2) is 59.7 Å². The number of carbonyl (C=O) groups is 3. The number of aromatic nitrogens is 1. The molecule has 0 spiro atoms. The molecule has 2 heterocycles. The van der Waals surface area contributed by atoms with Crippen LogP contribution in [0, 0.1) is 30.6 Å². The highest BCUT2D eigenvalue weighted by Crippen LogP contribution is 2.27. The van der Waals surface area contributed by atoms with Gasteiger partial charge in [0, 0.05) is 35.6 Å². The fraction of sp³-hybridized carbons (Fsp3) is 0.600. The van der Waals surface area contributed by atoms with Crippen molar-refractivity contribution in [2.24, 2.45) is 23.7 Å². The first-order chi connectivity index (χ1) is 20.2. The number of hydrogen-bond donors (Lipinski definition) is 1. The van der Waals surface area contributed by atoms with E-state index in [4.69, 9.17) is 14.2 Å². The Morgan fingerprint density at radius 2 is 1.84 bits per heavy atom. The van der Waals surface area contributed by atoms with Crippen molar-refractivity contribution in [3.63, 3.8) is 0 Å². The van der Waals surface area contributed by atoms with E-state index in [1.165, 1.54) is 0 Å². The summed E-state index contributed by atoms with van der Waals surface area (Å²) in [6.07, 6.45) is 11.3. The van der Waals surface area contributed by atoms with Gasteiger partial charge in [-0.2, -0.15) is 0 Å². The summed E-state index contributed by atoms with van der Waals surface area (Å²) in [5.41, 5.74) is 2.62. The normalized spacial score (nSPS) is 20.2. The average molecular weight is 597 g/mol. The van der Waals surface area contributed by atoms with Crippen LogP contribution in [0.2, 0.25) is 0 Å². The van der Waals surface area contributed by atoms with Crippen LogP contribution in [-0.2, 0) is 30.2 Å². The zero-order valence-corrected chi connectivity index (χ0v) is 27.5. The minimum atomic E-state index is -0.619. The van der Waals surface area contributed by atoms with E-state index in [0.29, 0.717) is 13.0 Å². The third-order valence-electron chi connectivity index (χ3n) is 8.16. The molecule has 6 atom stereocenters. The van der Waals surface area contributed by atoms with Crippen LogP contribution in [0.3, 0.4) is 0 Å². The number of aryl methyl sites for hydroxylation is 1. The van der Waals surface area contributed by atoms with E-state index >= 15 is 0 Å². The molecule has 8 nitrogen and oxygen atoms in total. The van der Waals surface area contributed by atoms with Crippen molar-refractivity contribution in [2.75, 3.05) is 13.2 Å². The van der Waals surface area contributed by atoms with Crippen molar-refractivity contribution in [2.45, 2.75) is 99.0 Å². The predicted molar refractivity (Wildman–Crippen MR) is 171 cm³/mol. The van der Waals surface area contributed by atoms with Gasteiger partial charge in [-0.15, -0.1) is 0 Å². The van der Waals surface area contributed by atoms with Crippen LogP contribution >= 0.6 is 0 Å². The maximum atomic E-state index is 13.5. The number of amides is 1. The van der Waals surface area contributed by atoms with Gasteiger partial charge < -0.3 is 19.5 Å². The molecule has 0 bridgehead atoms. The fourth-order valence-electron chi connectivity index (χ4n) is 5.37. The number of hydrogen-bond acceptors (Lipinski definition) is 7. The second-order valence-electron chi connectivity index (χ2n) is 12.6. The lowest BCUT2D eigenvalue weighted by atomic mass is 9.82. The topological polar surface area (TPSA) is 104 Å². The van der Waals surface area contributed by atoms with Crippen LogP contribution < -0.4 is 5.32 Å². The molecule has 0 aromatic carbocycles. The van der Waals surface area contributed by atoms with Gasteiger partial charge in [0.1, 0.15) is 17.7 Å². The number of allylic oxidation sites excluding steroid dienone is 3. The molecular weight excluding hydrogens is 544 g/mol.